The van der Waals surface area contributed by atoms with E-state index in [4.69, 9.17) is 11.5 Å². The Hall–Kier alpha value is -2.97. The van der Waals surface area contributed by atoms with Crippen LogP contribution in [0.25, 0.3) is 22.4 Å². The van der Waals surface area contributed by atoms with Gasteiger partial charge in [-0.15, -0.1) is 0 Å². The van der Waals surface area contributed by atoms with Gasteiger partial charge in [0.25, 0.3) is 5.91 Å². The van der Waals surface area contributed by atoms with Crippen LogP contribution in [0, 0.1) is 5.82 Å². The highest BCUT2D eigenvalue weighted by Gasteiger charge is 2.52. The van der Waals surface area contributed by atoms with Crippen molar-refractivity contribution in [2.75, 3.05) is 5.73 Å². The molecule has 8 heteroatoms. The number of rotatable bonds is 5. The van der Waals surface area contributed by atoms with E-state index in [0.717, 1.165) is 12.8 Å². The van der Waals surface area contributed by atoms with Crippen molar-refractivity contribution in [1.82, 2.24) is 9.97 Å². The summed E-state index contributed by atoms with van der Waals surface area (Å²) in [6.45, 7) is 0. The number of nitrogen functional groups attached to an aromatic ring is 1. The van der Waals surface area contributed by atoms with Crippen LogP contribution in [0.5, 0.6) is 0 Å². The van der Waals surface area contributed by atoms with Crippen LogP contribution in [-0.2, 0) is 16.0 Å². The first-order chi connectivity index (χ1) is 14.4. The maximum Gasteiger partial charge on any atom is 0.274 e. The molecule has 1 fully saturated rings. The van der Waals surface area contributed by atoms with Gasteiger partial charge in [0, 0.05) is 35.1 Å². The molecule has 3 aromatic rings. The Bertz CT molecular complexity index is 1080. The second kappa shape index (κ2) is 8.04. The van der Waals surface area contributed by atoms with Gasteiger partial charge in [0.05, 0.1) is 18.1 Å². The van der Waals surface area contributed by atoms with Crippen LogP contribution in [0.1, 0.15) is 25.7 Å². The maximum atomic E-state index is 14.9. The van der Waals surface area contributed by atoms with Gasteiger partial charge in [-0.2, -0.15) is 0 Å². The van der Waals surface area contributed by atoms with Crippen molar-refractivity contribution in [2.24, 2.45) is 5.73 Å². The van der Waals surface area contributed by atoms with Crippen molar-refractivity contribution < 1.29 is 13.7 Å². The van der Waals surface area contributed by atoms with E-state index < -0.39 is 27.6 Å². The largest absolute Gasteiger partial charge is 0.611 e. The number of anilines is 1. The zero-order valence-electron chi connectivity index (χ0n) is 16.2. The van der Waals surface area contributed by atoms with E-state index in [-0.39, 0.29) is 11.4 Å². The number of hydrogen-bond acceptors (Lipinski definition) is 5. The number of amides is 1. The van der Waals surface area contributed by atoms with Gasteiger partial charge in [0.15, 0.2) is 4.90 Å². The number of halogens is 1. The van der Waals surface area contributed by atoms with E-state index in [9.17, 15) is 13.7 Å². The minimum absolute atomic E-state index is 0.252. The molecule has 1 saturated carbocycles. The molecule has 0 bridgehead atoms. The molecule has 1 aromatic heterocycles. The predicted molar refractivity (Wildman–Crippen MR) is 114 cm³/mol. The number of hydrogen-bond donors (Lipinski definition) is 2. The van der Waals surface area contributed by atoms with Gasteiger partial charge in [-0.05, 0) is 42.7 Å². The fourth-order valence-corrected chi connectivity index (χ4v) is 5.76. The van der Waals surface area contributed by atoms with E-state index >= 15 is 0 Å². The average Bonchev–Trinajstić information content (AvgIpc) is 3.25. The Labute approximate surface area is 176 Å². The summed E-state index contributed by atoms with van der Waals surface area (Å²) >= 11 is -1.64. The number of primary amides is 1. The summed E-state index contributed by atoms with van der Waals surface area (Å²) in [6, 6.07) is 11.7. The lowest BCUT2D eigenvalue weighted by atomic mass is 10.0. The standard InChI is InChI=1S/C22H21FN4O2S/c23-17-11-14(7-8-16(17)18-12-27-20(24)13-26-18)15-5-1-2-6-19(15)30(29)22(21(25)28)9-3-4-10-22/h1-2,5-8,11-13H,3-4,9-10H2,(H2,24,27)(H2,25,28). The Balaban J connectivity index is 1.75. The molecule has 1 atom stereocenters. The number of nitrogens with two attached hydrogens (primary N) is 2. The Morgan fingerprint density at radius 3 is 2.43 bits per heavy atom. The van der Waals surface area contributed by atoms with Crippen molar-refractivity contribution >= 4 is 22.9 Å². The van der Waals surface area contributed by atoms with Crippen molar-refractivity contribution in [2.45, 2.75) is 35.3 Å². The highest BCUT2D eigenvalue weighted by molar-refractivity contribution is 7.93. The summed E-state index contributed by atoms with van der Waals surface area (Å²) in [5.41, 5.74) is 13.0. The molecule has 6 nitrogen and oxygen atoms in total. The zero-order valence-corrected chi connectivity index (χ0v) is 17.0. The Morgan fingerprint density at radius 1 is 1.07 bits per heavy atom. The molecule has 0 aliphatic heterocycles. The van der Waals surface area contributed by atoms with Crippen LogP contribution < -0.4 is 11.5 Å². The lowest BCUT2D eigenvalue weighted by molar-refractivity contribution is -0.120. The van der Waals surface area contributed by atoms with Crippen LogP contribution in [-0.4, -0.2) is 25.2 Å². The summed E-state index contributed by atoms with van der Waals surface area (Å²) in [5, 5.41) is 0. The molecule has 1 aliphatic rings. The second-order valence-corrected chi connectivity index (χ2v) is 9.11. The summed E-state index contributed by atoms with van der Waals surface area (Å²) < 4.78 is 27.3. The normalized spacial score (nSPS) is 16.3. The molecule has 0 radical (unpaired) electrons. The SMILES string of the molecule is NC(=O)C1([S+]([O-])c2ccccc2-c2ccc(-c3cnc(N)cn3)c(F)c2)CCCC1. The van der Waals surface area contributed by atoms with Gasteiger partial charge in [0.1, 0.15) is 11.6 Å². The summed E-state index contributed by atoms with van der Waals surface area (Å²) in [4.78, 5) is 20.8. The van der Waals surface area contributed by atoms with E-state index in [0.29, 0.717) is 34.6 Å². The van der Waals surface area contributed by atoms with Gasteiger partial charge >= 0.3 is 0 Å². The monoisotopic (exact) mass is 424 g/mol. The fraction of sp³-hybridized carbons (Fsp3) is 0.227. The van der Waals surface area contributed by atoms with Crippen molar-refractivity contribution in [3.63, 3.8) is 0 Å². The van der Waals surface area contributed by atoms with Crippen LogP contribution >= 0.6 is 0 Å². The molecule has 4 N–H and O–H groups in total. The molecule has 154 valence electrons. The number of carbonyl (C=O) groups is 1. The second-order valence-electron chi connectivity index (χ2n) is 7.35. The summed E-state index contributed by atoms with van der Waals surface area (Å²) in [5.74, 6) is -0.781. The van der Waals surface area contributed by atoms with E-state index in [1.165, 1.54) is 18.5 Å². The molecular formula is C22H21FN4O2S. The number of aromatic nitrogens is 2. The first-order valence-electron chi connectivity index (χ1n) is 9.61. The van der Waals surface area contributed by atoms with Crippen LogP contribution in [0.3, 0.4) is 0 Å². The Kier molecular flexibility index (Phi) is 5.44. The van der Waals surface area contributed by atoms with Gasteiger partial charge in [-0.3, -0.25) is 9.78 Å². The van der Waals surface area contributed by atoms with Crippen molar-refractivity contribution in [1.29, 1.82) is 0 Å². The quantitative estimate of drug-likeness (QED) is 0.608. The third-order valence-corrected chi connectivity index (χ3v) is 7.60. The van der Waals surface area contributed by atoms with Crippen LogP contribution in [0.15, 0.2) is 59.8 Å². The third-order valence-electron chi connectivity index (χ3n) is 5.53. The lowest BCUT2D eigenvalue weighted by Crippen LogP contribution is -2.48. The molecule has 1 unspecified atom stereocenters. The number of benzene rings is 2. The molecule has 0 spiro atoms. The summed E-state index contributed by atoms with van der Waals surface area (Å²) in [7, 11) is 0. The van der Waals surface area contributed by atoms with Crippen LogP contribution in [0.2, 0.25) is 0 Å². The van der Waals surface area contributed by atoms with Gasteiger partial charge in [0.2, 0.25) is 4.75 Å². The Morgan fingerprint density at radius 2 is 1.80 bits per heavy atom. The summed E-state index contributed by atoms with van der Waals surface area (Å²) in [6.07, 6.45) is 5.38. The molecule has 0 saturated heterocycles. The van der Waals surface area contributed by atoms with Crippen molar-refractivity contribution in [3.05, 3.63) is 60.7 Å². The molecule has 30 heavy (non-hydrogen) atoms. The van der Waals surface area contributed by atoms with E-state index in [1.54, 1.807) is 36.4 Å². The van der Waals surface area contributed by atoms with E-state index in [1.807, 2.05) is 0 Å². The van der Waals surface area contributed by atoms with Gasteiger partial charge in [-0.1, -0.05) is 18.2 Å². The molecule has 1 heterocycles. The van der Waals surface area contributed by atoms with Gasteiger partial charge < -0.3 is 16.0 Å². The predicted octanol–water partition coefficient (Wildman–Crippen LogP) is 3.44. The number of nitrogens with zero attached hydrogens (tertiary/aromatic N) is 2. The first-order valence-corrected chi connectivity index (χ1v) is 10.8. The lowest BCUT2D eigenvalue weighted by Gasteiger charge is -2.29. The maximum absolute atomic E-state index is 14.9. The highest BCUT2D eigenvalue weighted by Crippen LogP contribution is 2.43. The molecule has 4 rings (SSSR count). The van der Waals surface area contributed by atoms with Gasteiger partial charge in [-0.25, -0.2) is 9.37 Å². The van der Waals surface area contributed by atoms with E-state index in [2.05, 4.69) is 9.97 Å². The molecule has 1 amide bonds. The first kappa shape index (κ1) is 20.3. The minimum Gasteiger partial charge on any atom is -0.611 e. The third kappa shape index (κ3) is 3.53. The molecular weight excluding hydrogens is 403 g/mol. The molecule has 1 aliphatic carbocycles. The smallest absolute Gasteiger partial charge is 0.274 e. The average molecular weight is 425 g/mol. The van der Waals surface area contributed by atoms with Crippen molar-refractivity contribution in [3.8, 4) is 22.4 Å². The number of carbonyl (C=O) groups excluding carboxylic acids is 1. The minimum atomic E-state index is -1.64. The van der Waals surface area contributed by atoms with Crippen LogP contribution in [0.4, 0.5) is 10.2 Å². The zero-order chi connectivity index (χ0) is 21.3. The topological polar surface area (TPSA) is 118 Å². The molecule has 2 aromatic carbocycles. The fourth-order valence-electron chi connectivity index (χ4n) is 3.91. The highest BCUT2D eigenvalue weighted by atomic mass is 32.2.